The Hall–Kier alpha value is -3.08. The summed E-state index contributed by atoms with van der Waals surface area (Å²) in [5, 5.41) is 14.1. The minimum absolute atomic E-state index is 0.0945. The highest BCUT2D eigenvalue weighted by molar-refractivity contribution is 6.14. The molecule has 0 aliphatic rings. The maximum Gasteiger partial charge on any atom is 0.261 e. The number of rotatable bonds is 2. The smallest absolute Gasteiger partial charge is 0.261 e. The number of hydrogen-bond donors (Lipinski definition) is 2. The maximum atomic E-state index is 12.9. The zero-order chi connectivity index (χ0) is 18.3. The van der Waals surface area contributed by atoms with Gasteiger partial charge in [-0.3, -0.25) is 14.2 Å². The summed E-state index contributed by atoms with van der Waals surface area (Å²) in [4.78, 5) is 25.2. The summed E-state index contributed by atoms with van der Waals surface area (Å²) in [7, 11) is 1.45. The summed E-state index contributed by atoms with van der Waals surface area (Å²) in [6.07, 6.45) is 0. The SMILES string of the molecule is Cc1cc(C)c(NC(=O)c2c(O)n(C)c(=O)c3ccccc23)c(C)c1. The van der Waals surface area contributed by atoms with Gasteiger partial charge in [-0.15, -0.1) is 0 Å². The lowest BCUT2D eigenvalue weighted by atomic mass is 10.0. The van der Waals surface area contributed by atoms with E-state index in [-0.39, 0.29) is 17.0 Å². The lowest BCUT2D eigenvalue weighted by molar-refractivity contribution is 0.102. The van der Waals surface area contributed by atoms with Gasteiger partial charge < -0.3 is 10.4 Å². The van der Waals surface area contributed by atoms with E-state index in [1.807, 2.05) is 32.9 Å². The molecule has 25 heavy (non-hydrogen) atoms. The molecule has 3 rings (SSSR count). The standard InChI is InChI=1S/C20H20N2O3/c1-11-9-12(2)17(13(3)10-11)21-18(23)16-14-7-5-6-8-15(14)19(24)22(4)20(16)25/h5-10,25H,1-4H3,(H,21,23). The maximum absolute atomic E-state index is 12.9. The fourth-order valence-electron chi connectivity index (χ4n) is 3.23. The van der Waals surface area contributed by atoms with Gasteiger partial charge in [-0.25, -0.2) is 0 Å². The monoisotopic (exact) mass is 336 g/mol. The molecular weight excluding hydrogens is 316 g/mol. The first-order valence-corrected chi connectivity index (χ1v) is 8.01. The van der Waals surface area contributed by atoms with Gasteiger partial charge in [-0.05, 0) is 38.0 Å². The predicted octanol–water partition coefficient (Wildman–Crippen LogP) is 3.42. The molecule has 1 heterocycles. The topological polar surface area (TPSA) is 71.3 Å². The minimum atomic E-state index is -0.445. The molecule has 3 aromatic rings. The van der Waals surface area contributed by atoms with Gasteiger partial charge in [0.2, 0.25) is 5.88 Å². The van der Waals surface area contributed by atoms with Crippen molar-refractivity contribution >= 4 is 22.4 Å². The third kappa shape index (κ3) is 2.78. The van der Waals surface area contributed by atoms with Gasteiger partial charge in [0.15, 0.2) is 0 Å². The van der Waals surface area contributed by atoms with Crippen molar-refractivity contribution in [1.29, 1.82) is 0 Å². The van der Waals surface area contributed by atoms with Crippen molar-refractivity contribution in [2.75, 3.05) is 5.32 Å². The number of aryl methyl sites for hydroxylation is 3. The molecule has 2 N–H and O–H groups in total. The zero-order valence-corrected chi connectivity index (χ0v) is 14.7. The zero-order valence-electron chi connectivity index (χ0n) is 14.7. The average molecular weight is 336 g/mol. The minimum Gasteiger partial charge on any atom is -0.494 e. The first-order chi connectivity index (χ1) is 11.8. The van der Waals surface area contributed by atoms with Gasteiger partial charge >= 0.3 is 0 Å². The van der Waals surface area contributed by atoms with Crippen molar-refractivity contribution < 1.29 is 9.90 Å². The molecule has 0 spiro atoms. The normalized spacial score (nSPS) is 10.9. The lowest BCUT2D eigenvalue weighted by Gasteiger charge is -2.16. The third-order valence-corrected chi connectivity index (χ3v) is 4.42. The number of aromatic nitrogens is 1. The van der Waals surface area contributed by atoms with Gasteiger partial charge in [0, 0.05) is 23.5 Å². The molecule has 1 aromatic heterocycles. The van der Waals surface area contributed by atoms with E-state index < -0.39 is 5.91 Å². The molecule has 128 valence electrons. The second kappa shape index (κ2) is 6.09. The quantitative estimate of drug-likeness (QED) is 0.753. The second-order valence-electron chi connectivity index (χ2n) is 6.34. The molecule has 0 unspecified atom stereocenters. The van der Waals surface area contributed by atoms with Crippen LogP contribution in [0.25, 0.3) is 10.8 Å². The molecule has 0 aliphatic heterocycles. The van der Waals surface area contributed by atoms with Crippen molar-refractivity contribution in [1.82, 2.24) is 4.57 Å². The Morgan fingerprint density at radius 1 is 1.04 bits per heavy atom. The number of aromatic hydroxyl groups is 1. The van der Waals surface area contributed by atoms with E-state index in [1.165, 1.54) is 7.05 Å². The third-order valence-electron chi connectivity index (χ3n) is 4.42. The Kier molecular flexibility index (Phi) is 4.08. The van der Waals surface area contributed by atoms with Crippen LogP contribution in [0.1, 0.15) is 27.0 Å². The van der Waals surface area contributed by atoms with Crippen LogP contribution in [0, 0.1) is 20.8 Å². The fraction of sp³-hybridized carbons (Fsp3) is 0.200. The van der Waals surface area contributed by atoms with Gasteiger partial charge in [-0.1, -0.05) is 35.9 Å². The van der Waals surface area contributed by atoms with Gasteiger partial charge in [-0.2, -0.15) is 0 Å². The van der Waals surface area contributed by atoms with E-state index in [9.17, 15) is 14.7 Å². The summed E-state index contributed by atoms with van der Waals surface area (Å²) in [6.45, 7) is 5.85. The van der Waals surface area contributed by atoms with Gasteiger partial charge in [0.05, 0.1) is 0 Å². The summed E-state index contributed by atoms with van der Waals surface area (Å²) in [5.41, 5.74) is 3.47. The lowest BCUT2D eigenvalue weighted by Crippen LogP contribution is -2.22. The van der Waals surface area contributed by atoms with Crippen LogP contribution in [0.15, 0.2) is 41.2 Å². The van der Waals surface area contributed by atoms with Crippen LogP contribution in [-0.4, -0.2) is 15.6 Å². The Labute approximate surface area is 145 Å². The van der Waals surface area contributed by atoms with Crippen molar-refractivity contribution in [3.8, 4) is 5.88 Å². The number of anilines is 1. The Bertz CT molecular complexity index is 1040. The number of amides is 1. The fourth-order valence-corrected chi connectivity index (χ4v) is 3.23. The van der Waals surface area contributed by atoms with E-state index in [0.717, 1.165) is 21.3 Å². The van der Waals surface area contributed by atoms with E-state index in [1.54, 1.807) is 24.3 Å². The Balaban J connectivity index is 2.18. The van der Waals surface area contributed by atoms with Crippen LogP contribution in [0.5, 0.6) is 5.88 Å². The van der Waals surface area contributed by atoms with E-state index in [0.29, 0.717) is 16.5 Å². The second-order valence-corrected chi connectivity index (χ2v) is 6.34. The Morgan fingerprint density at radius 2 is 1.60 bits per heavy atom. The molecular formula is C20H20N2O3. The summed E-state index contributed by atoms with van der Waals surface area (Å²) >= 11 is 0. The molecule has 5 nitrogen and oxygen atoms in total. The molecule has 2 aromatic carbocycles. The van der Waals surface area contributed by atoms with Gasteiger partial charge in [0.1, 0.15) is 5.56 Å². The average Bonchev–Trinajstić information content (AvgIpc) is 2.56. The number of nitrogens with one attached hydrogen (secondary N) is 1. The molecule has 0 bridgehead atoms. The highest BCUT2D eigenvalue weighted by Crippen LogP contribution is 2.27. The Morgan fingerprint density at radius 3 is 2.20 bits per heavy atom. The highest BCUT2D eigenvalue weighted by atomic mass is 16.3. The molecule has 0 saturated heterocycles. The largest absolute Gasteiger partial charge is 0.494 e. The van der Waals surface area contributed by atoms with Crippen LogP contribution in [-0.2, 0) is 7.05 Å². The molecule has 0 saturated carbocycles. The summed E-state index contributed by atoms with van der Waals surface area (Å²) < 4.78 is 1.09. The summed E-state index contributed by atoms with van der Waals surface area (Å²) in [6, 6.07) is 10.8. The summed E-state index contributed by atoms with van der Waals surface area (Å²) in [5.74, 6) is -0.789. The molecule has 1 amide bonds. The molecule has 0 radical (unpaired) electrons. The molecule has 0 atom stereocenters. The number of nitrogens with zero attached hydrogens (tertiary/aromatic N) is 1. The van der Waals surface area contributed by atoms with E-state index >= 15 is 0 Å². The van der Waals surface area contributed by atoms with Crippen LogP contribution in [0.2, 0.25) is 0 Å². The highest BCUT2D eigenvalue weighted by Gasteiger charge is 2.21. The number of carbonyl (C=O) groups excluding carboxylic acids is 1. The number of benzene rings is 2. The molecule has 0 aliphatic carbocycles. The molecule has 0 fully saturated rings. The molecule has 5 heteroatoms. The van der Waals surface area contributed by atoms with Crippen LogP contribution < -0.4 is 10.9 Å². The van der Waals surface area contributed by atoms with Crippen molar-refractivity contribution in [2.24, 2.45) is 7.05 Å². The van der Waals surface area contributed by atoms with Crippen LogP contribution >= 0.6 is 0 Å². The number of fused-ring (bicyclic) bond motifs is 1. The number of carbonyl (C=O) groups is 1. The number of pyridine rings is 1. The van der Waals surface area contributed by atoms with Crippen molar-refractivity contribution in [3.05, 3.63) is 69.0 Å². The predicted molar refractivity (Wildman–Crippen MR) is 99.5 cm³/mol. The van der Waals surface area contributed by atoms with Gasteiger partial charge in [0.25, 0.3) is 11.5 Å². The first kappa shape index (κ1) is 16.8. The first-order valence-electron chi connectivity index (χ1n) is 8.01. The number of hydrogen-bond acceptors (Lipinski definition) is 3. The van der Waals surface area contributed by atoms with Crippen LogP contribution in [0.3, 0.4) is 0 Å². The van der Waals surface area contributed by atoms with Crippen molar-refractivity contribution in [3.63, 3.8) is 0 Å². The van der Waals surface area contributed by atoms with E-state index in [2.05, 4.69) is 5.32 Å². The van der Waals surface area contributed by atoms with E-state index in [4.69, 9.17) is 0 Å². The van der Waals surface area contributed by atoms with Crippen molar-refractivity contribution in [2.45, 2.75) is 20.8 Å². The van der Waals surface area contributed by atoms with Crippen LogP contribution in [0.4, 0.5) is 5.69 Å².